The number of nitriles is 1. The number of carbonyl (C=O) groups is 1. The van der Waals surface area contributed by atoms with Crippen molar-refractivity contribution >= 4 is 60.6 Å². The maximum absolute atomic E-state index is 12.9. The van der Waals surface area contributed by atoms with Gasteiger partial charge in [-0.3, -0.25) is 10.5 Å². The first kappa shape index (κ1) is 20.7. The number of nitrogens with one attached hydrogen (secondary N) is 2. The lowest BCUT2D eigenvalue weighted by atomic mass is 9.97. The first-order valence-corrected chi connectivity index (χ1v) is 10.7. The second kappa shape index (κ2) is 8.26. The lowest BCUT2D eigenvalue weighted by Crippen LogP contribution is -2.13. The van der Waals surface area contributed by atoms with E-state index in [4.69, 9.17) is 16.2 Å². The van der Waals surface area contributed by atoms with Crippen molar-refractivity contribution < 1.29 is 14.5 Å². The number of fused-ring (bicyclic) bond motifs is 1. The minimum absolute atomic E-state index is 0.210. The molecule has 1 amide bonds. The number of benzene rings is 2. The largest absolute Gasteiger partial charge is 0.497 e. The van der Waals surface area contributed by atoms with E-state index in [1.165, 1.54) is 11.3 Å². The van der Waals surface area contributed by atoms with Crippen LogP contribution in [0.1, 0.15) is 15.2 Å². The lowest BCUT2D eigenvalue weighted by molar-refractivity contribution is -0.323. The number of H-pyrrole nitrogens is 1. The van der Waals surface area contributed by atoms with Crippen LogP contribution in [0.2, 0.25) is 0 Å². The summed E-state index contributed by atoms with van der Waals surface area (Å²) in [6.45, 7) is 0. The molecule has 0 saturated heterocycles. The molecule has 0 unspecified atom stereocenters. The molecule has 154 valence electrons. The summed E-state index contributed by atoms with van der Waals surface area (Å²) in [5.74, 6) is 0.552. The molecule has 2 aromatic heterocycles. The van der Waals surface area contributed by atoms with Gasteiger partial charge in [-0.15, -0.1) is 0 Å². The van der Waals surface area contributed by atoms with E-state index < -0.39 is 0 Å². The molecular formula is C22H17BrN5O2S+. The Morgan fingerprint density at radius 1 is 1.16 bits per heavy atom. The molecule has 0 aliphatic carbocycles. The topological polar surface area (TPSA) is 128 Å². The fourth-order valence-corrected chi connectivity index (χ4v) is 4.58. The summed E-state index contributed by atoms with van der Waals surface area (Å²) in [7, 11) is 1.58. The molecule has 2 aromatic carbocycles. The number of hydrogen-bond donors (Lipinski definition) is 3. The van der Waals surface area contributed by atoms with Gasteiger partial charge in [-0.25, -0.2) is 4.98 Å². The average molecular weight is 495 g/mol. The zero-order valence-electron chi connectivity index (χ0n) is 16.3. The number of pyridine rings is 1. The van der Waals surface area contributed by atoms with Crippen LogP contribution < -0.4 is 26.5 Å². The fourth-order valence-electron chi connectivity index (χ4n) is 3.28. The first-order chi connectivity index (χ1) is 14.9. The van der Waals surface area contributed by atoms with Crippen molar-refractivity contribution in [3.63, 3.8) is 0 Å². The van der Waals surface area contributed by atoms with Gasteiger partial charge in [-0.1, -0.05) is 39.4 Å². The third kappa shape index (κ3) is 3.79. The number of anilines is 3. The highest BCUT2D eigenvalue weighted by molar-refractivity contribution is 9.10. The number of hydrogen-bond acceptors (Lipinski definition) is 6. The number of methoxy groups -OCH3 is 1. The van der Waals surface area contributed by atoms with Gasteiger partial charge in [0, 0.05) is 15.7 Å². The molecule has 2 heterocycles. The van der Waals surface area contributed by atoms with E-state index in [0.717, 1.165) is 10.0 Å². The quantitative estimate of drug-likeness (QED) is 0.386. The van der Waals surface area contributed by atoms with Crippen LogP contribution in [0.5, 0.6) is 5.75 Å². The van der Waals surface area contributed by atoms with E-state index in [0.29, 0.717) is 32.1 Å². The molecule has 0 atom stereocenters. The van der Waals surface area contributed by atoms with E-state index in [9.17, 15) is 10.1 Å². The molecule has 31 heavy (non-hydrogen) atoms. The van der Waals surface area contributed by atoms with Crippen LogP contribution in [0.25, 0.3) is 21.3 Å². The minimum atomic E-state index is -0.341. The van der Waals surface area contributed by atoms with Crippen LogP contribution in [-0.2, 0) is 0 Å². The molecule has 7 nitrogen and oxygen atoms in total. The second-order valence-electron chi connectivity index (χ2n) is 6.64. The van der Waals surface area contributed by atoms with Gasteiger partial charge in [0.25, 0.3) is 11.7 Å². The van der Waals surface area contributed by atoms with E-state index in [1.807, 2.05) is 24.3 Å². The van der Waals surface area contributed by atoms with Crippen molar-refractivity contribution in [2.45, 2.75) is 0 Å². The highest BCUT2D eigenvalue weighted by Gasteiger charge is 2.26. The third-order valence-electron chi connectivity index (χ3n) is 4.76. The maximum atomic E-state index is 12.9. The summed E-state index contributed by atoms with van der Waals surface area (Å²) in [5.41, 5.74) is 15.1. The SMILES string of the molecule is COc1ccc(-c2c(C#N)c(N)[nH+]c3sc(C(=O)Nc4ccc(Br)cc4)c(N)c23)cc1. The molecule has 0 saturated carbocycles. The van der Waals surface area contributed by atoms with E-state index in [1.54, 1.807) is 31.4 Å². The van der Waals surface area contributed by atoms with E-state index in [-0.39, 0.29) is 23.0 Å². The monoisotopic (exact) mass is 494 g/mol. The number of thiophene rings is 1. The van der Waals surface area contributed by atoms with Crippen LogP contribution in [0.4, 0.5) is 17.2 Å². The minimum Gasteiger partial charge on any atom is -0.497 e. The van der Waals surface area contributed by atoms with Gasteiger partial charge in [-0.05, 0) is 42.0 Å². The molecule has 9 heteroatoms. The highest BCUT2D eigenvalue weighted by atomic mass is 79.9. The van der Waals surface area contributed by atoms with Gasteiger partial charge in [0.2, 0.25) is 0 Å². The number of carbonyl (C=O) groups excluding carboxylic acids is 1. The van der Waals surface area contributed by atoms with Gasteiger partial charge in [-0.2, -0.15) is 5.26 Å². The number of halogens is 1. The number of rotatable bonds is 4. The number of aromatic nitrogens is 1. The van der Waals surface area contributed by atoms with Gasteiger partial charge >= 0.3 is 0 Å². The van der Waals surface area contributed by atoms with Gasteiger partial charge in [0.05, 0.1) is 18.2 Å². The Bertz CT molecular complexity index is 1340. The fraction of sp³-hybridized carbons (Fsp3) is 0.0455. The van der Waals surface area contributed by atoms with Crippen molar-refractivity contribution in [1.29, 1.82) is 5.26 Å². The predicted molar refractivity (Wildman–Crippen MR) is 126 cm³/mol. The van der Waals surface area contributed by atoms with E-state index in [2.05, 4.69) is 32.3 Å². The number of amides is 1. The number of ether oxygens (including phenoxy) is 1. The van der Waals surface area contributed by atoms with E-state index >= 15 is 0 Å². The normalized spacial score (nSPS) is 10.6. The lowest BCUT2D eigenvalue weighted by Gasteiger charge is -2.08. The number of aromatic amines is 1. The van der Waals surface area contributed by atoms with Crippen LogP contribution in [-0.4, -0.2) is 13.0 Å². The second-order valence-corrected chi connectivity index (χ2v) is 8.58. The highest BCUT2D eigenvalue weighted by Crippen LogP contribution is 2.41. The molecule has 0 fully saturated rings. The average Bonchev–Trinajstić information content (AvgIpc) is 3.10. The van der Waals surface area contributed by atoms with Crippen molar-refractivity contribution in [2.75, 3.05) is 23.9 Å². The summed E-state index contributed by atoms with van der Waals surface area (Å²) >= 11 is 4.56. The molecule has 0 radical (unpaired) electrons. The third-order valence-corrected chi connectivity index (χ3v) is 6.41. The maximum Gasteiger partial charge on any atom is 0.290 e. The zero-order valence-corrected chi connectivity index (χ0v) is 18.7. The van der Waals surface area contributed by atoms with Crippen molar-refractivity contribution in [3.05, 3.63) is 63.4 Å². The summed E-state index contributed by atoms with van der Waals surface area (Å²) in [4.78, 5) is 16.9. The Balaban J connectivity index is 1.87. The summed E-state index contributed by atoms with van der Waals surface area (Å²) < 4.78 is 6.13. The molecular weight excluding hydrogens is 478 g/mol. The van der Waals surface area contributed by atoms with Crippen molar-refractivity contribution in [1.82, 2.24) is 0 Å². The number of nitrogens with zero attached hydrogens (tertiary/aromatic N) is 1. The van der Waals surface area contributed by atoms with Gasteiger partial charge in [0.1, 0.15) is 22.3 Å². The summed E-state index contributed by atoms with van der Waals surface area (Å²) in [6.07, 6.45) is 0. The van der Waals surface area contributed by atoms with Crippen molar-refractivity contribution in [3.8, 4) is 22.9 Å². The molecule has 6 N–H and O–H groups in total. The van der Waals surface area contributed by atoms with Crippen molar-refractivity contribution in [2.24, 2.45) is 0 Å². The smallest absolute Gasteiger partial charge is 0.290 e. The van der Waals surface area contributed by atoms with Gasteiger partial charge < -0.3 is 15.8 Å². The molecule has 0 spiro atoms. The number of nitrogens with two attached hydrogens (primary N) is 2. The van der Waals surface area contributed by atoms with Crippen LogP contribution in [0.15, 0.2) is 53.0 Å². The predicted octanol–water partition coefficient (Wildman–Crippen LogP) is 4.44. The Morgan fingerprint density at radius 2 is 1.84 bits per heavy atom. The van der Waals surface area contributed by atoms with Crippen LogP contribution in [0.3, 0.4) is 0 Å². The Hall–Kier alpha value is -3.61. The van der Waals surface area contributed by atoms with Crippen LogP contribution >= 0.6 is 27.3 Å². The number of nitrogen functional groups attached to an aromatic ring is 2. The first-order valence-electron chi connectivity index (χ1n) is 9.11. The Kier molecular flexibility index (Phi) is 5.50. The Labute approximate surface area is 190 Å². The Morgan fingerprint density at radius 3 is 2.45 bits per heavy atom. The summed E-state index contributed by atoms with van der Waals surface area (Å²) in [5, 5.41) is 13.2. The van der Waals surface area contributed by atoms with Gasteiger partial charge in [0.15, 0.2) is 4.83 Å². The molecule has 0 aliphatic heterocycles. The summed E-state index contributed by atoms with van der Waals surface area (Å²) in [6, 6.07) is 16.6. The molecule has 4 aromatic rings. The zero-order chi connectivity index (χ0) is 22.1. The van der Waals surface area contributed by atoms with Crippen LogP contribution in [0, 0.1) is 11.3 Å². The molecule has 4 rings (SSSR count). The standard InChI is InChI=1S/C22H16BrN5O2S/c1-30-14-8-2-11(3-9-14)16-15(10-24)20(26)28-22-17(16)18(25)19(31-22)21(29)27-13-6-4-12(23)5-7-13/h2-9H,25H2,1H3,(H2,26,28)(H,27,29)/p+1. The molecule has 0 aliphatic rings. The molecule has 0 bridgehead atoms.